The Balaban J connectivity index is 2.05. The van der Waals surface area contributed by atoms with Crippen LogP contribution in [0.1, 0.15) is 17.2 Å². The maximum atomic E-state index is 5.81. The average Bonchev–Trinajstić information content (AvgIpc) is 2.74. The van der Waals surface area contributed by atoms with Crippen LogP contribution in [-0.4, -0.2) is 7.48 Å². The third-order valence-electron chi connectivity index (χ3n) is 2.85. The number of fused-ring (bicyclic) bond motifs is 1. The highest BCUT2D eigenvalue weighted by molar-refractivity contribution is 6.49. The van der Waals surface area contributed by atoms with E-state index in [4.69, 9.17) is 4.65 Å². The molecule has 1 aliphatic heterocycles. The van der Waals surface area contributed by atoms with Crippen LogP contribution in [0.2, 0.25) is 0 Å². The summed E-state index contributed by atoms with van der Waals surface area (Å²) in [6, 6.07) is 18.8. The predicted octanol–water partition coefficient (Wildman–Crippen LogP) is 1.78. The van der Waals surface area contributed by atoms with E-state index in [1.54, 1.807) is 0 Å². The van der Waals surface area contributed by atoms with Crippen LogP contribution in [0.15, 0.2) is 54.6 Å². The van der Waals surface area contributed by atoms with Crippen molar-refractivity contribution in [2.24, 2.45) is 0 Å². The number of hydrogen-bond donors (Lipinski definition) is 0. The Morgan fingerprint density at radius 3 is 2.47 bits per heavy atom. The Morgan fingerprint density at radius 1 is 0.867 bits per heavy atom. The fraction of sp³-hybridized carbons (Fsp3) is 0.0769. The summed E-state index contributed by atoms with van der Waals surface area (Å²) in [6.45, 7) is 0. The summed E-state index contributed by atoms with van der Waals surface area (Å²) in [5.74, 6) is 0. The summed E-state index contributed by atoms with van der Waals surface area (Å²) in [4.78, 5) is 0. The minimum absolute atomic E-state index is 0.127. The van der Waals surface area contributed by atoms with Crippen LogP contribution >= 0.6 is 0 Å². The van der Waals surface area contributed by atoms with Crippen molar-refractivity contribution in [1.29, 1.82) is 0 Å². The van der Waals surface area contributed by atoms with E-state index in [2.05, 4.69) is 48.5 Å². The Morgan fingerprint density at radius 2 is 1.60 bits per heavy atom. The zero-order valence-corrected chi connectivity index (χ0v) is 8.39. The van der Waals surface area contributed by atoms with E-state index in [-0.39, 0.29) is 6.10 Å². The van der Waals surface area contributed by atoms with Gasteiger partial charge in [0.05, 0.1) is 6.10 Å². The van der Waals surface area contributed by atoms with E-state index in [1.165, 1.54) is 16.6 Å². The molecule has 0 amide bonds. The lowest BCUT2D eigenvalue weighted by Gasteiger charge is -2.12. The van der Waals surface area contributed by atoms with Crippen molar-refractivity contribution in [3.63, 3.8) is 0 Å². The molecule has 1 unspecified atom stereocenters. The van der Waals surface area contributed by atoms with E-state index >= 15 is 0 Å². The summed E-state index contributed by atoms with van der Waals surface area (Å²) in [7, 11) is 0.732. The van der Waals surface area contributed by atoms with Gasteiger partial charge in [-0.05, 0) is 16.6 Å². The second-order valence-corrected chi connectivity index (χ2v) is 3.80. The molecule has 3 rings (SSSR count). The first-order chi connectivity index (χ1) is 7.45. The molecule has 0 saturated heterocycles. The molecule has 1 atom stereocenters. The molecule has 0 radical (unpaired) electrons. The van der Waals surface area contributed by atoms with Gasteiger partial charge in [0, 0.05) is 0 Å². The first-order valence-electron chi connectivity index (χ1n) is 5.19. The van der Waals surface area contributed by atoms with Gasteiger partial charge in [0.2, 0.25) is 0 Å². The first kappa shape index (κ1) is 8.75. The number of rotatable bonds is 1. The third kappa shape index (κ3) is 1.47. The Hall–Kier alpha value is -1.54. The standard InChI is InChI=1S/C13H11BO/c1-2-6-10(7-3-1)13-11-8-4-5-9-12(11)14-15-13/h1-9,13-14H. The molecule has 1 heterocycles. The minimum Gasteiger partial charge on any atom is -0.424 e. The molecule has 2 aromatic rings. The lowest BCUT2D eigenvalue weighted by atomic mass is 9.86. The van der Waals surface area contributed by atoms with Gasteiger partial charge in [-0.15, -0.1) is 0 Å². The molecule has 15 heavy (non-hydrogen) atoms. The third-order valence-corrected chi connectivity index (χ3v) is 2.85. The van der Waals surface area contributed by atoms with Gasteiger partial charge in [-0.2, -0.15) is 0 Å². The molecule has 2 aromatic carbocycles. The lowest BCUT2D eigenvalue weighted by Crippen LogP contribution is -2.09. The van der Waals surface area contributed by atoms with Crippen LogP contribution in [0.4, 0.5) is 0 Å². The molecule has 0 aliphatic carbocycles. The number of benzene rings is 2. The van der Waals surface area contributed by atoms with Gasteiger partial charge in [-0.25, -0.2) is 0 Å². The molecule has 1 nitrogen and oxygen atoms in total. The van der Waals surface area contributed by atoms with Gasteiger partial charge in [0.25, 0.3) is 0 Å². The predicted molar refractivity (Wildman–Crippen MR) is 62.6 cm³/mol. The molecular weight excluding hydrogens is 183 g/mol. The van der Waals surface area contributed by atoms with Crippen LogP contribution in [0.3, 0.4) is 0 Å². The van der Waals surface area contributed by atoms with E-state index in [0.29, 0.717) is 0 Å². The van der Waals surface area contributed by atoms with Crippen LogP contribution in [0.25, 0.3) is 0 Å². The highest BCUT2D eigenvalue weighted by atomic mass is 16.4. The van der Waals surface area contributed by atoms with Crippen LogP contribution in [0.5, 0.6) is 0 Å². The maximum Gasteiger partial charge on any atom is 0.310 e. The molecule has 72 valence electrons. The maximum absolute atomic E-state index is 5.81. The van der Waals surface area contributed by atoms with Crippen molar-refractivity contribution in [3.8, 4) is 0 Å². The SMILES string of the molecule is B1OC(c2ccccc2)c2ccccc21. The zero-order valence-electron chi connectivity index (χ0n) is 8.39. The average molecular weight is 194 g/mol. The molecule has 0 aromatic heterocycles. The van der Waals surface area contributed by atoms with Gasteiger partial charge in [0.15, 0.2) is 0 Å². The topological polar surface area (TPSA) is 9.23 Å². The zero-order chi connectivity index (χ0) is 10.1. The van der Waals surface area contributed by atoms with Crippen molar-refractivity contribution < 1.29 is 4.65 Å². The quantitative estimate of drug-likeness (QED) is 0.628. The molecule has 0 N–H and O–H groups in total. The molecule has 2 heteroatoms. The fourth-order valence-corrected chi connectivity index (χ4v) is 2.09. The van der Waals surface area contributed by atoms with Crippen molar-refractivity contribution >= 4 is 12.9 Å². The van der Waals surface area contributed by atoms with Crippen LogP contribution < -0.4 is 5.46 Å². The summed E-state index contributed by atoms with van der Waals surface area (Å²) >= 11 is 0. The largest absolute Gasteiger partial charge is 0.424 e. The molecule has 1 aliphatic rings. The lowest BCUT2D eigenvalue weighted by molar-refractivity contribution is 0.280. The minimum atomic E-state index is 0.127. The molecule has 0 saturated carbocycles. The molecule has 0 fully saturated rings. The molecular formula is C13H11BO. The van der Waals surface area contributed by atoms with Crippen LogP contribution in [-0.2, 0) is 4.65 Å². The molecule has 0 spiro atoms. The Labute approximate surface area is 90.0 Å². The summed E-state index contributed by atoms with van der Waals surface area (Å²) in [5.41, 5.74) is 3.86. The van der Waals surface area contributed by atoms with E-state index in [1.807, 2.05) is 6.07 Å². The summed E-state index contributed by atoms with van der Waals surface area (Å²) in [5, 5.41) is 0. The van der Waals surface area contributed by atoms with E-state index in [0.717, 1.165) is 7.48 Å². The normalized spacial score (nSPS) is 18.3. The second-order valence-electron chi connectivity index (χ2n) is 3.80. The highest BCUT2D eigenvalue weighted by Crippen LogP contribution is 2.27. The van der Waals surface area contributed by atoms with Gasteiger partial charge in [-0.3, -0.25) is 0 Å². The van der Waals surface area contributed by atoms with Crippen molar-refractivity contribution in [1.82, 2.24) is 0 Å². The molecule has 0 bridgehead atoms. The summed E-state index contributed by atoms with van der Waals surface area (Å²) in [6.07, 6.45) is 0.127. The monoisotopic (exact) mass is 194 g/mol. The van der Waals surface area contributed by atoms with Gasteiger partial charge in [0.1, 0.15) is 0 Å². The van der Waals surface area contributed by atoms with Crippen LogP contribution in [0, 0.1) is 0 Å². The van der Waals surface area contributed by atoms with Crippen molar-refractivity contribution in [3.05, 3.63) is 65.7 Å². The Bertz CT molecular complexity index is 467. The van der Waals surface area contributed by atoms with Crippen molar-refractivity contribution in [2.75, 3.05) is 0 Å². The first-order valence-corrected chi connectivity index (χ1v) is 5.19. The Kier molecular flexibility index (Phi) is 2.07. The highest BCUT2D eigenvalue weighted by Gasteiger charge is 2.24. The van der Waals surface area contributed by atoms with E-state index < -0.39 is 0 Å². The summed E-state index contributed by atoms with van der Waals surface area (Å²) < 4.78 is 5.81. The fourth-order valence-electron chi connectivity index (χ4n) is 2.09. The van der Waals surface area contributed by atoms with Gasteiger partial charge >= 0.3 is 7.48 Å². The van der Waals surface area contributed by atoms with Gasteiger partial charge < -0.3 is 4.65 Å². The second kappa shape index (κ2) is 3.56. The van der Waals surface area contributed by atoms with Crippen molar-refractivity contribution in [2.45, 2.75) is 6.10 Å². The van der Waals surface area contributed by atoms with E-state index in [9.17, 15) is 0 Å². The van der Waals surface area contributed by atoms with Gasteiger partial charge in [-0.1, -0.05) is 54.6 Å². The smallest absolute Gasteiger partial charge is 0.310 e. The number of hydrogen-bond acceptors (Lipinski definition) is 1.